The van der Waals surface area contributed by atoms with Crippen LogP contribution in [0.15, 0.2) is 10.8 Å². The van der Waals surface area contributed by atoms with Crippen molar-refractivity contribution >= 4 is 17.2 Å². The lowest BCUT2D eigenvalue weighted by molar-refractivity contribution is 0.0142. The Hall–Kier alpha value is -0.870. The quantitative estimate of drug-likeness (QED) is 0.849. The number of hydrogen-bond acceptors (Lipinski definition) is 3. The average molecular weight is 241 g/mol. The molecule has 1 heterocycles. The minimum Gasteiger partial charge on any atom is -0.388 e. The molecule has 0 radical (unpaired) electrons. The molecule has 0 aliphatic carbocycles. The van der Waals surface area contributed by atoms with Gasteiger partial charge in [-0.3, -0.25) is 4.79 Å². The molecule has 1 atom stereocenters. The number of carbonyl (C=O) groups excluding carboxylic acids is 1. The van der Waals surface area contributed by atoms with Gasteiger partial charge < -0.3 is 10.4 Å². The van der Waals surface area contributed by atoms with E-state index in [1.165, 1.54) is 11.3 Å². The summed E-state index contributed by atoms with van der Waals surface area (Å²) in [4.78, 5) is 11.8. The fourth-order valence-corrected chi connectivity index (χ4v) is 1.98. The van der Waals surface area contributed by atoms with Crippen molar-refractivity contribution in [2.24, 2.45) is 5.92 Å². The fourth-order valence-electron chi connectivity index (χ4n) is 1.15. The zero-order valence-corrected chi connectivity index (χ0v) is 11.0. The molecule has 1 aromatic rings. The Morgan fingerprint density at radius 2 is 2.19 bits per heavy atom. The van der Waals surface area contributed by atoms with Gasteiger partial charge in [0.2, 0.25) is 0 Å². The van der Waals surface area contributed by atoms with E-state index in [0.29, 0.717) is 5.56 Å². The zero-order valence-electron chi connectivity index (χ0n) is 10.2. The molecule has 0 fully saturated rings. The first kappa shape index (κ1) is 13.2. The lowest BCUT2D eigenvalue weighted by Gasteiger charge is -2.27. The third-order valence-electron chi connectivity index (χ3n) is 2.95. The number of aryl methyl sites for hydroxylation is 1. The smallest absolute Gasteiger partial charge is 0.252 e. The number of rotatable bonds is 4. The Morgan fingerprint density at radius 3 is 2.62 bits per heavy atom. The van der Waals surface area contributed by atoms with Crippen LogP contribution >= 0.6 is 11.3 Å². The summed E-state index contributed by atoms with van der Waals surface area (Å²) in [6.45, 7) is 7.78. The Bertz CT molecular complexity index is 369. The zero-order chi connectivity index (χ0) is 12.3. The van der Waals surface area contributed by atoms with E-state index >= 15 is 0 Å². The van der Waals surface area contributed by atoms with Gasteiger partial charge in [0.15, 0.2) is 0 Å². The molecule has 16 heavy (non-hydrogen) atoms. The Morgan fingerprint density at radius 1 is 1.56 bits per heavy atom. The Balaban J connectivity index is 2.58. The maximum absolute atomic E-state index is 11.8. The Labute approximate surface area is 100 Å². The molecule has 0 spiro atoms. The normalized spacial score (nSPS) is 14.9. The Kier molecular flexibility index (Phi) is 4.10. The van der Waals surface area contributed by atoms with Gasteiger partial charge >= 0.3 is 0 Å². The van der Waals surface area contributed by atoms with E-state index in [9.17, 15) is 9.90 Å². The number of nitrogens with one attached hydrogen (secondary N) is 1. The molecule has 1 unspecified atom stereocenters. The van der Waals surface area contributed by atoms with Crippen molar-refractivity contribution in [1.82, 2.24) is 5.32 Å². The van der Waals surface area contributed by atoms with Crippen molar-refractivity contribution < 1.29 is 9.90 Å². The molecule has 0 saturated heterocycles. The van der Waals surface area contributed by atoms with Crippen LogP contribution < -0.4 is 5.32 Å². The molecule has 1 rings (SSSR count). The van der Waals surface area contributed by atoms with Crippen molar-refractivity contribution in [1.29, 1.82) is 0 Å². The van der Waals surface area contributed by atoms with Gasteiger partial charge in [-0.2, -0.15) is 11.3 Å². The molecular formula is C12H19NO2S. The van der Waals surface area contributed by atoms with Gasteiger partial charge in [0.25, 0.3) is 5.91 Å². The topological polar surface area (TPSA) is 49.3 Å². The number of hydrogen-bond donors (Lipinski definition) is 2. The summed E-state index contributed by atoms with van der Waals surface area (Å²) >= 11 is 1.51. The van der Waals surface area contributed by atoms with Gasteiger partial charge in [-0.05, 0) is 30.7 Å². The van der Waals surface area contributed by atoms with Crippen LogP contribution in [0, 0.1) is 12.8 Å². The van der Waals surface area contributed by atoms with Crippen LogP contribution in [0.3, 0.4) is 0 Å². The van der Waals surface area contributed by atoms with E-state index in [0.717, 1.165) is 5.56 Å². The van der Waals surface area contributed by atoms with E-state index in [1.807, 2.05) is 31.5 Å². The average Bonchev–Trinajstić information content (AvgIpc) is 2.61. The predicted molar refractivity (Wildman–Crippen MR) is 66.9 cm³/mol. The number of aliphatic hydroxyl groups is 1. The van der Waals surface area contributed by atoms with E-state index < -0.39 is 5.60 Å². The van der Waals surface area contributed by atoms with Crippen LogP contribution in [0.4, 0.5) is 0 Å². The molecule has 90 valence electrons. The van der Waals surface area contributed by atoms with Crippen LogP contribution in [0.1, 0.15) is 36.7 Å². The highest BCUT2D eigenvalue weighted by atomic mass is 32.1. The van der Waals surface area contributed by atoms with Gasteiger partial charge in [0, 0.05) is 11.9 Å². The van der Waals surface area contributed by atoms with Crippen LogP contribution in [0.25, 0.3) is 0 Å². The predicted octanol–water partition coefficient (Wildman–Crippen LogP) is 2.19. The first-order valence-electron chi connectivity index (χ1n) is 5.38. The van der Waals surface area contributed by atoms with Gasteiger partial charge in [0.1, 0.15) is 0 Å². The summed E-state index contributed by atoms with van der Waals surface area (Å²) in [5.41, 5.74) is 0.816. The second-order valence-corrected chi connectivity index (χ2v) is 5.41. The molecular weight excluding hydrogens is 222 g/mol. The maximum atomic E-state index is 11.8. The maximum Gasteiger partial charge on any atom is 0.252 e. The first-order chi connectivity index (χ1) is 7.34. The molecule has 4 heteroatoms. The minimum atomic E-state index is -0.862. The highest BCUT2D eigenvalue weighted by Gasteiger charge is 2.25. The summed E-state index contributed by atoms with van der Waals surface area (Å²) in [5, 5.41) is 16.5. The highest BCUT2D eigenvalue weighted by Crippen LogP contribution is 2.16. The first-order valence-corrected chi connectivity index (χ1v) is 6.32. The number of thiophene rings is 1. The molecule has 1 amide bonds. The largest absolute Gasteiger partial charge is 0.388 e. The molecule has 0 aliphatic rings. The van der Waals surface area contributed by atoms with E-state index in [2.05, 4.69) is 5.32 Å². The summed E-state index contributed by atoms with van der Waals surface area (Å²) in [5.74, 6) is -0.00366. The third kappa shape index (κ3) is 3.06. The standard InChI is InChI=1S/C12H19NO2S/c1-8(2)12(4,15)7-13-11(14)10-6-16-5-9(10)3/h5-6,8,15H,7H2,1-4H3,(H,13,14). The van der Waals surface area contributed by atoms with Crippen molar-refractivity contribution in [3.8, 4) is 0 Å². The van der Waals surface area contributed by atoms with Crippen LogP contribution in [-0.2, 0) is 0 Å². The molecule has 0 saturated carbocycles. The lowest BCUT2D eigenvalue weighted by atomic mass is 9.92. The molecule has 0 aromatic carbocycles. The number of amides is 1. The fraction of sp³-hybridized carbons (Fsp3) is 0.583. The van der Waals surface area contributed by atoms with E-state index in [4.69, 9.17) is 0 Å². The van der Waals surface area contributed by atoms with E-state index in [1.54, 1.807) is 6.92 Å². The highest BCUT2D eigenvalue weighted by molar-refractivity contribution is 7.08. The second kappa shape index (κ2) is 4.97. The van der Waals surface area contributed by atoms with Gasteiger partial charge in [0.05, 0.1) is 11.2 Å². The van der Waals surface area contributed by atoms with E-state index in [-0.39, 0.29) is 18.4 Å². The summed E-state index contributed by atoms with van der Waals surface area (Å²) < 4.78 is 0. The SMILES string of the molecule is Cc1cscc1C(=O)NCC(C)(O)C(C)C. The molecule has 0 aliphatic heterocycles. The van der Waals surface area contributed by atoms with Gasteiger partial charge in [-0.15, -0.1) is 0 Å². The van der Waals surface area contributed by atoms with Crippen LogP contribution in [-0.4, -0.2) is 23.2 Å². The van der Waals surface area contributed by atoms with Crippen molar-refractivity contribution in [2.75, 3.05) is 6.54 Å². The van der Waals surface area contributed by atoms with Crippen molar-refractivity contribution in [2.45, 2.75) is 33.3 Å². The molecule has 3 nitrogen and oxygen atoms in total. The lowest BCUT2D eigenvalue weighted by Crippen LogP contribution is -2.44. The number of carbonyl (C=O) groups is 1. The van der Waals surface area contributed by atoms with Gasteiger partial charge in [-0.1, -0.05) is 13.8 Å². The molecule has 2 N–H and O–H groups in total. The summed E-state index contributed by atoms with van der Waals surface area (Å²) in [7, 11) is 0. The monoisotopic (exact) mass is 241 g/mol. The van der Waals surface area contributed by atoms with Crippen molar-refractivity contribution in [3.63, 3.8) is 0 Å². The van der Waals surface area contributed by atoms with Crippen molar-refractivity contribution in [3.05, 3.63) is 21.9 Å². The summed E-state index contributed by atoms with van der Waals surface area (Å²) in [6, 6.07) is 0. The minimum absolute atomic E-state index is 0.108. The molecule has 0 bridgehead atoms. The third-order valence-corrected chi connectivity index (χ3v) is 3.81. The molecule has 1 aromatic heterocycles. The van der Waals surface area contributed by atoms with Gasteiger partial charge in [-0.25, -0.2) is 0 Å². The second-order valence-electron chi connectivity index (χ2n) is 4.66. The van der Waals surface area contributed by atoms with Crippen LogP contribution in [0.5, 0.6) is 0 Å². The summed E-state index contributed by atoms with van der Waals surface area (Å²) in [6.07, 6.45) is 0. The van der Waals surface area contributed by atoms with Crippen LogP contribution in [0.2, 0.25) is 0 Å².